The molecule has 1 heterocycles. The van der Waals surface area contributed by atoms with Crippen molar-refractivity contribution in [3.05, 3.63) is 106 Å². The van der Waals surface area contributed by atoms with E-state index in [9.17, 15) is 4.79 Å². The molecule has 0 saturated carbocycles. The molecule has 30 heavy (non-hydrogen) atoms. The van der Waals surface area contributed by atoms with Gasteiger partial charge in [0.1, 0.15) is 0 Å². The number of para-hydroxylation sites is 1. The van der Waals surface area contributed by atoms with Crippen LogP contribution in [0.25, 0.3) is 10.9 Å². The monoisotopic (exact) mass is 417 g/mol. The third kappa shape index (κ3) is 4.42. The summed E-state index contributed by atoms with van der Waals surface area (Å²) in [5, 5.41) is 1.78. The second-order valence-corrected chi connectivity index (χ2v) is 7.78. The summed E-state index contributed by atoms with van der Waals surface area (Å²) >= 11 is 6.31. The summed E-state index contributed by atoms with van der Waals surface area (Å²) in [5.41, 5.74) is 5.52. The highest BCUT2D eigenvalue weighted by Crippen LogP contribution is 2.38. The van der Waals surface area contributed by atoms with Gasteiger partial charge < -0.3 is 9.72 Å². The Morgan fingerprint density at radius 1 is 1.00 bits per heavy atom. The van der Waals surface area contributed by atoms with Gasteiger partial charge in [0.15, 0.2) is 0 Å². The molecule has 0 aliphatic carbocycles. The first-order chi connectivity index (χ1) is 14.7. The quantitative estimate of drug-likeness (QED) is 0.349. The SMILES string of the molecule is CCOC(=O)CC(c1cccc(Cl)c1)c1c(Cc2ccccc2)[nH]c2ccccc12. The highest BCUT2D eigenvalue weighted by molar-refractivity contribution is 6.30. The van der Waals surface area contributed by atoms with Crippen LogP contribution in [0.15, 0.2) is 78.9 Å². The number of carbonyl (C=O) groups excluding carboxylic acids is 1. The number of halogens is 1. The lowest BCUT2D eigenvalue weighted by molar-refractivity contribution is -0.143. The van der Waals surface area contributed by atoms with Crippen LogP contribution in [0.2, 0.25) is 5.02 Å². The smallest absolute Gasteiger partial charge is 0.306 e. The fraction of sp³-hybridized carbons (Fsp3) is 0.192. The van der Waals surface area contributed by atoms with Crippen molar-refractivity contribution in [1.29, 1.82) is 0 Å². The number of hydrogen-bond donors (Lipinski definition) is 1. The minimum absolute atomic E-state index is 0.155. The van der Waals surface area contributed by atoms with Crippen LogP contribution in [-0.4, -0.2) is 17.6 Å². The van der Waals surface area contributed by atoms with E-state index < -0.39 is 0 Å². The number of H-pyrrole nitrogens is 1. The molecule has 0 fully saturated rings. The molecule has 0 bridgehead atoms. The summed E-state index contributed by atoms with van der Waals surface area (Å²) in [4.78, 5) is 16.1. The van der Waals surface area contributed by atoms with Crippen LogP contribution < -0.4 is 0 Å². The lowest BCUT2D eigenvalue weighted by Crippen LogP contribution is -2.13. The molecular weight excluding hydrogens is 394 g/mol. The molecule has 0 aliphatic heterocycles. The minimum atomic E-state index is -0.210. The Morgan fingerprint density at radius 2 is 1.77 bits per heavy atom. The Morgan fingerprint density at radius 3 is 2.53 bits per heavy atom. The molecule has 0 amide bonds. The zero-order valence-corrected chi connectivity index (χ0v) is 17.7. The number of fused-ring (bicyclic) bond motifs is 1. The van der Waals surface area contributed by atoms with Crippen molar-refractivity contribution in [3.63, 3.8) is 0 Å². The second-order valence-electron chi connectivity index (χ2n) is 7.34. The Hall–Kier alpha value is -3.04. The zero-order valence-electron chi connectivity index (χ0n) is 16.9. The van der Waals surface area contributed by atoms with Gasteiger partial charge in [-0.2, -0.15) is 0 Å². The van der Waals surface area contributed by atoms with Crippen molar-refractivity contribution in [2.45, 2.75) is 25.7 Å². The summed E-state index contributed by atoms with van der Waals surface area (Å²) in [5.74, 6) is -0.365. The normalized spacial score (nSPS) is 12.1. The third-order valence-electron chi connectivity index (χ3n) is 5.33. The van der Waals surface area contributed by atoms with E-state index in [4.69, 9.17) is 16.3 Å². The van der Waals surface area contributed by atoms with Gasteiger partial charge >= 0.3 is 5.97 Å². The number of rotatable bonds is 7. The Labute approximate surface area is 181 Å². The van der Waals surface area contributed by atoms with Gasteiger partial charge in [-0.3, -0.25) is 4.79 Å². The third-order valence-corrected chi connectivity index (χ3v) is 5.56. The van der Waals surface area contributed by atoms with E-state index >= 15 is 0 Å². The zero-order chi connectivity index (χ0) is 20.9. The van der Waals surface area contributed by atoms with E-state index in [1.807, 2.05) is 61.5 Å². The molecule has 1 unspecified atom stereocenters. The first-order valence-electron chi connectivity index (χ1n) is 10.2. The molecule has 0 saturated heterocycles. The molecule has 1 atom stereocenters. The van der Waals surface area contributed by atoms with Crippen LogP contribution in [-0.2, 0) is 16.0 Å². The second kappa shape index (κ2) is 9.19. The number of aromatic amines is 1. The Kier molecular flexibility index (Phi) is 6.20. The van der Waals surface area contributed by atoms with Crippen molar-refractivity contribution in [2.24, 2.45) is 0 Å². The Bertz CT molecular complexity index is 1150. The van der Waals surface area contributed by atoms with Crippen LogP contribution in [0.4, 0.5) is 0 Å². The summed E-state index contributed by atoms with van der Waals surface area (Å²) in [6, 6.07) is 26.4. The number of carbonyl (C=O) groups is 1. The number of benzene rings is 3. The average molecular weight is 418 g/mol. The number of hydrogen-bond acceptors (Lipinski definition) is 2. The van der Waals surface area contributed by atoms with Crippen molar-refractivity contribution < 1.29 is 9.53 Å². The molecule has 1 N–H and O–H groups in total. The van der Waals surface area contributed by atoms with E-state index in [1.54, 1.807) is 0 Å². The Balaban J connectivity index is 1.87. The molecule has 3 nitrogen and oxygen atoms in total. The van der Waals surface area contributed by atoms with Crippen LogP contribution >= 0.6 is 11.6 Å². The average Bonchev–Trinajstić information content (AvgIpc) is 3.10. The van der Waals surface area contributed by atoms with E-state index in [0.717, 1.165) is 34.1 Å². The number of aromatic nitrogens is 1. The van der Waals surface area contributed by atoms with Gasteiger partial charge in [0.25, 0.3) is 0 Å². The van der Waals surface area contributed by atoms with Gasteiger partial charge in [-0.1, -0.05) is 72.3 Å². The van der Waals surface area contributed by atoms with Gasteiger partial charge in [0.2, 0.25) is 0 Å². The van der Waals surface area contributed by atoms with Gasteiger partial charge in [-0.15, -0.1) is 0 Å². The highest BCUT2D eigenvalue weighted by Gasteiger charge is 2.25. The summed E-state index contributed by atoms with van der Waals surface area (Å²) in [6.07, 6.45) is 1.02. The van der Waals surface area contributed by atoms with Gasteiger partial charge in [-0.25, -0.2) is 0 Å². The van der Waals surface area contributed by atoms with E-state index in [-0.39, 0.29) is 18.3 Å². The van der Waals surface area contributed by atoms with Gasteiger partial charge in [-0.05, 0) is 41.8 Å². The molecule has 0 spiro atoms. The summed E-state index contributed by atoms with van der Waals surface area (Å²) < 4.78 is 5.31. The maximum Gasteiger partial charge on any atom is 0.306 e. The maximum atomic E-state index is 12.5. The first-order valence-corrected chi connectivity index (χ1v) is 10.6. The fourth-order valence-corrected chi connectivity index (χ4v) is 4.25. The van der Waals surface area contributed by atoms with E-state index in [2.05, 4.69) is 29.2 Å². The standard InChI is InChI=1S/C26H24ClNO2/c1-2-30-25(29)17-22(19-11-8-12-20(27)16-19)26-21-13-6-7-14-23(21)28-24(26)15-18-9-4-3-5-10-18/h3-14,16,22,28H,2,15,17H2,1H3. The number of ether oxygens (including phenoxy) is 1. The highest BCUT2D eigenvalue weighted by atomic mass is 35.5. The van der Waals surface area contributed by atoms with Gasteiger partial charge in [0, 0.05) is 34.0 Å². The molecule has 4 aromatic rings. The topological polar surface area (TPSA) is 42.1 Å². The maximum absolute atomic E-state index is 12.5. The van der Waals surface area contributed by atoms with Crippen molar-refractivity contribution in [3.8, 4) is 0 Å². The van der Waals surface area contributed by atoms with Crippen LogP contribution in [0.3, 0.4) is 0 Å². The van der Waals surface area contributed by atoms with Crippen molar-refractivity contribution >= 4 is 28.5 Å². The molecular formula is C26H24ClNO2. The van der Waals surface area contributed by atoms with Crippen LogP contribution in [0.1, 0.15) is 41.6 Å². The van der Waals surface area contributed by atoms with Crippen molar-refractivity contribution in [2.75, 3.05) is 6.61 Å². The lowest BCUT2D eigenvalue weighted by Gasteiger charge is -2.19. The summed E-state index contributed by atoms with van der Waals surface area (Å²) in [6.45, 7) is 2.20. The molecule has 4 heteroatoms. The van der Waals surface area contributed by atoms with E-state index in [1.165, 1.54) is 5.56 Å². The largest absolute Gasteiger partial charge is 0.466 e. The minimum Gasteiger partial charge on any atom is -0.466 e. The molecule has 3 aromatic carbocycles. The number of nitrogens with one attached hydrogen (secondary N) is 1. The first kappa shape index (κ1) is 20.2. The molecule has 0 radical (unpaired) electrons. The van der Waals surface area contributed by atoms with Crippen LogP contribution in [0.5, 0.6) is 0 Å². The van der Waals surface area contributed by atoms with E-state index in [0.29, 0.717) is 11.6 Å². The molecule has 152 valence electrons. The lowest BCUT2D eigenvalue weighted by atomic mass is 9.85. The predicted molar refractivity (Wildman–Crippen MR) is 122 cm³/mol. The molecule has 1 aromatic heterocycles. The van der Waals surface area contributed by atoms with Gasteiger partial charge in [0.05, 0.1) is 13.0 Å². The van der Waals surface area contributed by atoms with Crippen molar-refractivity contribution in [1.82, 2.24) is 4.98 Å². The fourth-order valence-electron chi connectivity index (χ4n) is 4.05. The molecule has 0 aliphatic rings. The number of esters is 1. The predicted octanol–water partition coefficient (Wildman–Crippen LogP) is 6.50. The van der Waals surface area contributed by atoms with Crippen LogP contribution in [0, 0.1) is 0 Å². The molecule has 4 rings (SSSR count). The summed E-state index contributed by atoms with van der Waals surface area (Å²) in [7, 11) is 0.